The first-order chi connectivity index (χ1) is 36.5. The number of hydrogen-bond donors (Lipinski definition) is 2. The second-order valence-corrected chi connectivity index (χ2v) is 18.8. The number of unbranched alkanes of at least 4 members (excludes halogenated alkanes) is 8. The van der Waals surface area contributed by atoms with Crippen LogP contribution in [0, 0.1) is 21.3 Å². The maximum atomic E-state index is 10.8. The number of aromatic nitrogens is 4. The number of thiocyanates is 2. The van der Waals surface area contributed by atoms with Crippen molar-refractivity contribution in [3.63, 3.8) is 0 Å². The fourth-order valence-electron chi connectivity index (χ4n) is 8.09. The molecule has 0 radical (unpaired) electrons. The van der Waals surface area contributed by atoms with Gasteiger partial charge in [-0.15, -0.1) is 0 Å². The van der Waals surface area contributed by atoms with E-state index in [0.717, 1.165) is 0 Å². The predicted octanol–water partition coefficient (Wildman–Crippen LogP) is 10.4. The van der Waals surface area contributed by atoms with Crippen LogP contribution in [0.5, 0.6) is 0 Å². The van der Waals surface area contributed by atoms with E-state index in [-0.39, 0.29) is 53.1 Å². The summed E-state index contributed by atoms with van der Waals surface area (Å²) in [5.74, 6) is -4.83. The first-order valence-electron chi connectivity index (χ1n) is 26.9. The number of nitrogens with zero attached hydrogens (tertiary/aromatic N) is 8. The number of rotatable bonds is 30. The fraction of sp³-hybridized carbons (Fsp3) is 0.552. The molecule has 426 valence electrons. The summed E-state index contributed by atoms with van der Waals surface area (Å²) in [6.07, 6.45) is 27.4. The average molecular weight is 1190 g/mol. The van der Waals surface area contributed by atoms with E-state index in [4.69, 9.17) is 20.7 Å². The molecule has 4 aromatic rings. The summed E-state index contributed by atoms with van der Waals surface area (Å²) < 4.78 is 2.84. The van der Waals surface area contributed by atoms with Crippen LogP contribution in [0.25, 0.3) is 22.8 Å². The van der Waals surface area contributed by atoms with Gasteiger partial charge < -0.3 is 64.2 Å². The van der Waals surface area contributed by atoms with Gasteiger partial charge in [0, 0.05) is 35.9 Å². The molecule has 16 nitrogen and oxygen atoms in total. The molecular weight excluding hydrogens is 1100 g/mol. The largest absolute Gasteiger partial charge is 2.00 e. The van der Waals surface area contributed by atoms with E-state index in [1.54, 1.807) is 0 Å². The number of carboxylic acids is 4. The van der Waals surface area contributed by atoms with E-state index in [1.165, 1.54) is 248 Å². The molecule has 2 N–H and O–H groups in total. The molecule has 77 heavy (non-hydrogen) atoms. The van der Waals surface area contributed by atoms with E-state index in [9.17, 15) is 29.4 Å². The molecule has 19 heteroatoms. The Morgan fingerprint density at radius 2 is 0.597 bits per heavy atom. The monoisotopic (exact) mass is 1190 g/mol. The fourth-order valence-corrected chi connectivity index (χ4v) is 8.09. The number of aromatic carboxylic acids is 4. The molecule has 0 spiro atoms. The minimum absolute atomic E-state index is 0. The summed E-state index contributed by atoms with van der Waals surface area (Å²) in [6, 6.07) is 10.5. The summed E-state index contributed by atoms with van der Waals surface area (Å²) in [6.45, 7) is 30.0. The molecule has 0 atom stereocenters. The number of nitriles is 2. The standard InChI is InChI=1S/2C16H36N.2C12H8N2O4.2CHNS.Ru/c2*1-5-9-13-17(14-10-6-2,15-11-7-3)16-12-8-4;2*15-11(16)7-1-3-13-9(5-7)10-6-8(12(17)18)2-4-14-10;2*2-1-3;/h2*5-16H2,1-4H3;2*1-6H,(H,15,16)(H,17,18);2*3H;/q2*+1;;;;;+2/p-4. The van der Waals surface area contributed by atoms with Gasteiger partial charge in [-0.1, -0.05) is 118 Å². The van der Waals surface area contributed by atoms with Crippen molar-refractivity contribution in [2.45, 2.75) is 158 Å². The molecule has 0 saturated carbocycles. The number of hydrogen-bond acceptors (Lipinski definition) is 14. The molecule has 0 unspecified atom stereocenters. The summed E-state index contributed by atoms with van der Waals surface area (Å²) in [4.78, 5) is 58.8. The maximum absolute atomic E-state index is 10.8. The van der Waals surface area contributed by atoms with Crippen LogP contribution in [-0.4, -0.2) is 115 Å². The van der Waals surface area contributed by atoms with Gasteiger partial charge in [-0.25, -0.2) is 20.1 Å². The van der Waals surface area contributed by atoms with Crippen LogP contribution in [0.15, 0.2) is 73.3 Å². The minimum Gasteiger partial charge on any atom is -0.696 e. The topological polar surface area (TPSA) is 254 Å². The van der Waals surface area contributed by atoms with Gasteiger partial charge in [-0.05, 0) is 99.9 Å². The van der Waals surface area contributed by atoms with E-state index in [1.807, 2.05) is 0 Å². The van der Waals surface area contributed by atoms with Crippen LogP contribution < -0.4 is 10.2 Å². The molecule has 0 aromatic carbocycles. The summed E-state index contributed by atoms with van der Waals surface area (Å²) in [5, 5.41) is 56.0. The molecule has 0 amide bonds. The van der Waals surface area contributed by atoms with Gasteiger partial charge in [0.15, 0.2) is 0 Å². The Hall–Kier alpha value is -5.56. The Morgan fingerprint density at radius 1 is 0.429 bits per heavy atom. The maximum Gasteiger partial charge on any atom is 2.00 e. The third-order valence-corrected chi connectivity index (χ3v) is 12.4. The molecule has 4 rings (SSSR count). The molecule has 0 saturated heterocycles. The van der Waals surface area contributed by atoms with Gasteiger partial charge in [-0.2, -0.15) is 0 Å². The minimum atomic E-state index is -1.34. The van der Waals surface area contributed by atoms with Crippen LogP contribution in [-0.2, 0) is 44.7 Å². The number of quaternary nitrogens is 2. The van der Waals surface area contributed by atoms with E-state index in [0.29, 0.717) is 11.4 Å². The van der Waals surface area contributed by atoms with Gasteiger partial charge in [0.2, 0.25) is 0 Å². The van der Waals surface area contributed by atoms with Crippen molar-refractivity contribution in [1.82, 2.24) is 19.9 Å². The smallest absolute Gasteiger partial charge is 0.696 e. The Balaban J connectivity index is -0.000000911. The quantitative estimate of drug-likeness (QED) is 0.0213. The first-order valence-corrected chi connectivity index (χ1v) is 27.8. The van der Waals surface area contributed by atoms with Gasteiger partial charge in [0.25, 0.3) is 0 Å². The van der Waals surface area contributed by atoms with Crippen LogP contribution in [0.3, 0.4) is 0 Å². The van der Waals surface area contributed by atoms with Crippen molar-refractivity contribution in [3.05, 3.63) is 95.6 Å². The van der Waals surface area contributed by atoms with Crippen molar-refractivity contribution < 1.29 is 68.0 Å². The second kappa shape index (κ2) is 47.6. The number of carbonyl (C=O) groups excluding carboxylic acids is 2. The Kier molecular flexibility index (Phi) is 46.8. The van der Waals surface area contributed by atoms with Gasteiger partial charge >= 0.3 is 31.4 Å². The summed E-state index contributed by atoms with van der Waals surface area (Å²) in [7, 11) is 0. The van der Waals surface area contributed by atoms with Crippen molar-refractivity contribution >= 4 is 49.1 Å². The molecule has 0 bridgehead atoms. The first kappa shape index (κ1) is 75.7. The van der Waals surface area contributed by atoms with Gasteiger partial charge in [-0.3, -0.25) is 19.9 Å². The van der Waals surface area contributed by atoms with E-state index in [2.05, 4.69) is 101 Å². The molecule has 4 heterocycles. The SMILES string of the molecule is CCCC[N+](CCCC)(CCCC)CCCC.CCCC[N+](CCCC)(CCCC)CCCC.N#C[S-].N#C[S-].O=C(O)c1ccnc(-c2cc(C(=O)O)ccn2)c1.O=C([O-])c1ccnc(-c2cc(C(=O)[O-])ccn2)c1.[Ru+2]. The van der Waals surface area contributed by atoms with Crippen LogP contribution in [0.2, 0.25) is 0 Å². The average Bonchev–Trinajstić information content (AvgIpc) is 3.43. The van der Waals surface area contributed by atoms with Crippen molar-refractivity contribution in [1.29, 1.82) is 10.5 Å². The van der Waals surface area contributed by atoms with Crippen molar-refractivity contribution in [3.8, 4) is 33.6 Å². The van der Waals surface area contributed by atoms with E-state index >= 15 is 0 Å². The zero-order valence-corrected chi connectivity index (χ0v) is 50.4. The molecule has 0 aliphatic heterocycles. The number of carbonyl (C=O) groups is 4. The Bertz CT molecular complexity index is 1970. The molecule has 0 aliphatic carbocycles. The van der Waals surface area contributed by atoms with Gasteiger partial charge in [0.05, 0.1) is 98.2 Å². The van der Waals surface area contributed by atoms with Crippen molar-refractivity contribution in [2.75, 3.05) is 52.4 Å². The molecule has 0 aliphatic rings. The number of carboxylic acid groups (broad SMARTS) is 4. The third-order valence-electron chi connectivity index (χ3n) is 12.4. The molecular formula is C58H86N8O8RuS2. The zero-order chi connectivity index (χ0) is 57.6. The van der Waals surface area contributed by atoms with E-state index < -0.39 is 23.9 Å². The molecule has 4 aromatic heterocycles. The summed E-state index contributed by atoms with van der Waals surface area (Å²) in [5.41, 5.74) is 1.17. The van der Waals surface area contributed by atoms with Crippen LogP contribution in [0.4, 0.5) is 0 Å². The third kappa shape index (κ3) is 34.1. The second-order valence-electron chi connectivity index (χ2n) is 18.4. The zero-order valence-electron chi connectivity index (χ0n) is 47.0. The normalized spacial score (nSPS) is 10.2. The van der Waals surface area contributed by atoms with Crippen molar-refractivity contribution in [2.24, 2.45) is 0 Å². The summed E-state index contributed by atoms with van der Waals surface area (Å²) >= 11 is 7.40. The Morgan fingerprint density at radius 3 is 0.753 bits per heavy atom. The van der Waals surface area contributed by atoms with Crippen LogP contribution >= 0.6 is 0 Å². The number of pyridine rings is 4. The molecule has 0 fully saturated rings. The predicted molar refractivity (Wildman–Crippen MR) is 302 cm³/mol. The van der Waals surface area contributed by atoms with Gasteiger partial charge in [0.1, 0.15) is 0 Å². The Labute approximate surface area is 484 Å². The van der Waals surface area contributed by atoms with Crippen LogP contribution in [0.1, 0.15) is 200 Å².